The lowest BCUT2D eigenvalue weighted by Crippen LogP contribution is -2.41. The molecule has 1 amide bonds. The van der Waals surface area contributed by atoms with Gasteiger partial charge in [0, 0.05) is 38.8 Å². The second-order valence-corrected chi connectivity index (χ2v) is 8.51. The average Bonchev–Trinajstić information content (AvgIpc) is 2.74. The number of nitrogens with one attached hydrogen (secondary N) is 1. The van der Waals surface area contributed by atoms with E-state index in [2.05, 4.69) is 10.2 Å². The van der Waals surface area contributed by atoms with Gasteiger partial charge in [-0.25, -0.2) is 8.42 Å². The SMILES string of the molecule is CN(c1ccc(C(=O)NCCN2CCOCC2)cc1)S(=O)(=O)c1ccccc1. The van der Waals surface area contributed by atoms with Crippen LogP contribution in [-0.4, -0.2) is 65.7 Å². The van der Waals surface area contributed by atoms with Crippen LogP contribution in [-0.2, 0) is 14.8 Å². The summed E-state index contributed by atoms with van der Waals surface area (Å²) in [4.78, 5) is 14.8. The molecule has 28 heavy (non-hydrogen) atoms. The number of rotatable bonds is 7. The predicted octanol–water partition coefficient (Wildman–Crippen LogP) is 1.57. The van der Waals surface area contributed by atoms with Crippen molar-refractivity contribution in [3.05, 3.63) is 60.2 Å². The van der Waals surface area contributed by atoms with E-state index in [-0.39, 0.29) is 10.8 Å². The van der Waals surface area contributed by atoms with Gasteiger partial charge >= 0.3 is 0 Å². The number of benzene rings is 2. The van der Waals surface area contributed by atoms with Crippen molar-refractivity contribution in [3.8, 4) is 0 Å². The minimum atomic E-state index is -3.63. The number of hydrogen-bond acceptors (Lipinski definition) is 5. The summed E-state index contributed by atoms with van der Waals surface area (Å²) in [5, 5.41) is 2.90. The fraction of sp³-hybridized carbons (Fsp3) is 0.350. The van der Waals surface area contributed by atoms with Crippen LogP contribution >= 0.6 is 0 Å². The molecule has 1 fully saturated rings. The third-order valence-corrected chi connectivity index (χ3v) is 6.51. The summed E-state index contributed by atoms with van der Waals surface area (Å²) in [5.74, 6) is -0.173. The van der Waals surface area contributed by atoms with E-state index in [0.717, 1.165) is 32.8 Å². The highest BCUT2D eigenvalue weighted by Gasteiger charge is 2.21. The van der Waals surface area contributed by atoms with Crippen molar-refractivity contribution in [3.63, 3.8) is 0 Å². The molecule has 0 saturated carbocycles. The molecule has 0 aromatic heterocycles. The van der Waals surface area contributed by atoms with Gasteiger partial charge in [-0.05, 0) is 36.4 Å². The summed E-state index contributed by atoms with van der Waals surface area (Å²) >= 11 is 0. The van der Waals surface area contributed by atoms with Crippen molar-refractivity contribution in [1.82, 2.24) is 10.2 Å². The van der Waals surface area contributed by atoms with Crippen LogP contribution in [0.3, 0.4) is 0 Å². The molecule has 7 nitrogen and oxygen atoms in total. The maximum absolute atomic E-state index is 12.7. The van der Waals surface area contributed by atoms with Gasteiger partial charge in [-0.1, -0.05) is 18.2 Å². The molecule has 150 valence electrons. The maximum Gasteiger partial charge on any atom is 0.264 e. The van der Waals surface area contributed by atoms with E-state index >= 15 is 0 Å². The average molecular weight is 404 g/mol. The summed E-state index contributed by atoms with van der Waals surface area (Å²) in [6, 6.07) is 14.8. The van der Waals surface area contributed by atoms with Crippen LogP contribution in [0.25, 0.3) is 0 Å². The molecule has 0 unspecified atom stereocenters. The molecule has 8 heteroatoms. The molecular weight excluding hydrogens is 378 g/mol. The van der Waals surface area contributed by atoms with E-state index in [0.29, 0.717) is 17.8 Å². The molecule has 0 radical (unpaired) electrons. The summed E-state index contributed by atoms with van der Waals surface area (Å²) < 4.78 is 31.9. The smallest absolute Gasteiger partial charge is 0.264 e. The highest BCUT2D eigenvalue weighted by molar-refractivity contribution is 7.92. The second kappa shape index (κ2) is 9.18. The first-order valence-electron chi connectivity index (χ1n) is 9.21. The Bertz CT molecular complexity index is 879. The molecule has 1 heterocycles. The van der Waals surface area contributed by atoms with Crippen LogP contribution in [0.4, 0.5) is 5.69 Å². The zero-order valence-electron chi connectivity index (χ0n) is 15.9. The first kappa shape index (κ1) is 20.3. The lowest BCUT2D eigenvalue weighted by Gasteiger charge is -2.26. The lowest BCUT2D eigenvalue weighted by atomic mass is 10.2. The number of carbonyl (C=O) groups is 1. The van der Waals surface area contributed by atoms with Gasteiger partial charge < -0.3 is 10.1 Å². The zero-order valence-corrected chi connectivity index (χ0v) is 16.7. The molecule has 0 spiro atoms. The van der Waals surface area contributed by atoms with Gasteiger partial charge in [0.05, 0.1) is 23.8 Å². The Morgan fingerprint density at radius 3 is 2.36 bits per heavy atom. The second-order valence-electron chi connectivity index (χ2n) is 6.54. The first-order valence-corrected chi connectivity index (χ1v) is 10.6. The molecule has 1 aliphatic rings. The number of ether oxygens (including phenoxy) is 1. The van der Waals surface area contributed by atoms with Crippen molar-refractivity contribution in [2.75, 3.05) is 50.7 Å². The van der Waals surface area contributed by atoms with Gasteiger partial charge in [-0.15, -0.1) is 0 Å². The van der Waals surface area contributed by atoms with Crippen molar-refractivity contribution >= 4 is 21.6 Å². The van der Waals surface area contributed by atoms with Crippen molar-refractivity contribution < 1.29 is 17.9 Å². The summed E-state index contributed by atoms with van der Waals surface area (Å²) in [5.41, 5.74) is 0.991. The molecular formula is C20H25N3O4S. The van der Waals surface area contributed by atoms with Gasteiger partial charge in [0.15, 0.2) is 0 Å². The van der Waals surface area contributed by atoms with E-state index in [4.69, 9.17) is 4.74 Å². The number of nitrogens with zero attached hydrogens (tertiary/aromatic N) is 2. The Balaban J connectivity index is 1.58. The largest absolute Gasteiger partial charge is 0.379 e. The van der Waals surface area contributed by atoms with Crippen molar-refractivity contribution in [2.45, 2.75) is 4.90 Å². The van der Waals surface area contributed by atoms with E-state index in [9.17, 15) is 13.2 Å². The van der Waals surface area contributed by atoms with E-state index in [1.165, 1.54) is 11.4 Å². The number of carbonyl (C=O) groups excluding carboxylic acids is 1. The molecule has 2 aromatic rings. The monoisotopic (exact) mass is 403 g/mol. The van der Waals surface area contributed by atoms with Crippen LogP contribution < -0.4 is 9.62 Å². The van der Waals surface area contributed by atoms with Crippen LogP contribution in [0.2, 0.25) is 0 Å². The van der Waals surface area contributed by atoms with E-state index in [1.807, 2.05) is 0 Å². The lowest BCUT2D eigenvalue weighted by molar-refractivity contribution is 0.0383. The van der Waals surface area contributed by atoms with E-state index in [1.54, 1.807) is 54.6 Å². The highest BCUT2D eigenvalue weighted by Crippen LogP contribution is 2.22. The third kappa shape index (κ3) is 4.89. The van der Waals surface area contributed by atoms with E-state index < -0.39 is 10.0 Å². The Morgan fingerprint density at radius 1 is 1.07 bits per heavy atom. The van der Waals surface area contributed by atoms with Crippen molar-refractivity contribution in [2.24, 2.45) is 0 Å². The number of hydrogen-bond donors (Lipinski definition) is 1. The van der Waals surface area contributed by atoms with Gasteiger partial charge in [0.1, 0.15) is 0 Å². The first-order chi connectivity index (χ1) is 13.5. The molecule has 1 aliphatic heterocycles. The minimum absolute atomic E-state index is 0.173. The Labute approximate surface area is 166 Å². The quantitative estimate of drug-likeness (QED) is 0.759. The standard InChI is InChI=1S/C20H25N3O4S/c1-22(28(25,26)19-5-3-2-4-6-19)18-9-7-17(8-10-18)20(24)21-11-12-23-13-15-27-16-14-23/h2-10H,11-16H2,1H3,(H,21,24). The molecule has 0 aliphatic carbocycles. The van der Waals surface area contributed by atoms with Gasteiger partial charge in [-0.2, -0.15) is 0 Å². The predicted molar refractivity (Wildman–Crippen MR) is 108 cm³/mol. The Morgan fingerprint density at radius 2 is 1.71 bits per heavy atom. The summed E-state index contributed by atoms with van der Waals surface area (Å²) in [6.07, 6.45) is 0. The zero-order chi connectivity index (χ0) is 20.0. The third-order valence-electron chi connectivity index (χ3n) is 4.71. The highest BCUT2D eigenvalue weighted by atomic mass is 32.2. The number of morpholine rings is 1. The van der Waals surface area contributed by atoms with Gasteiger partial charge in [0.25, 0.3) is 15.9 Å². The molecule has 0 bridgehead atoms. The molecule has 0 atom stereocenters. The van der Waals surface area contributed by atoms with Crippen molar-refractivity contribution in [1.29, 1.82) is 0 Å². The minimum Gasteiger partial charge on any atom is -0.379 e. The Hall–Kier alpha value is -2.42. The summed E-state index contributed by atoms with van der Waals surface area (Å²) in [6.45, 7) is 4.57. The fourth-order valence-corrected chi connectivity index (χ4v) is 4.18. The van der Waals surface area contributed by atoms with Crippen LogP contribution in [0.1, 0.15) is 10.4 Å². The molecule has 3 rings (SSSR count). The van der Waals surface area contributed by atoms with Gasteiger partial charge in [-0.3, -0.25) is 14.0 Å². The maximum atomic E-state index is 12.7. The number of sulfonamides is 1. The molecule has 1 N–H and O–H groups in total. The van der Waals surface area contributed by atoms with Crippen LogP contribution in [0, 0.1) is 0 Å². The summed E-state index contributed by atoms with van der Waals surface area (Å²) in [7, 11) is -2.13. The molecule has 2 aromatic carbocycles. The topological polar surface area (TPSA) is 79.0 Å². The molecule has 1 saturated heterocycles. The van der Waals surface area contributed by atoms with Crippen LogP contribution in [0.5, 0.6) is 0 Å². The number of anilines is 1. The fourth-order valence-electron chi connectivity index (χ4n) is 2.97. The van der Waals surface area contributed by atoms with Crippen LogP contribution in [0.15, 0.2) is 59.5 Å². The number of amides is 1. The normalized spacial score (nSPS) is 15.2. The van der Waals surface area contributed by atoms with Gasteiger partial charge in [0.2, 0.25) is 0 Å². The Kier molecular flexibility index (Phi) is 6.66.